The zero-order chi connectivity index (χ0) is 16.1. The van der Waals surface area contributed by atoms with Gasteiger partial charge in [0.25, 0.3) is 0 Å². The maximum Gasteiger partial charge on any atom is 0.317 e. The fourth-order valence-corrected chi connectivity index (χ4v) is 2.62. The molecule has 1 aliphatic rings. The van der Waals surface area contributed by atoms with Crippen molar-refractivity contribution in [2.75, 3.05) is 39.8 Å². The van der Waals surface area contributed by atoms with E-state index in [1.165, 1.54) is 12.1 Å². The van der Waals surface area contributed by atoms with E-state index in [9.17, 15) is 14.3 Å². The van der Waals surface area contributed by atoms with Crippen LogP contribution in [0.2, 0.25) is 0 Å². The Balaban J connectivity index is 1.75. The van der Waals surface area contributed by atoms with E-state index < -0.39 is 12.1 Å². The third kappa shape index (κ3) is 4.66. The molecular formula is C15H21FN2O4. The van der Waals surface area contributed by atoms with Crippen LogP contribution in [0.4, 0.5) is 4.39 Å². The van der Waals surface area contributed by atoms with E-state index >= 15 is 0 Å². The number of hydrogen-bond acceptors (Lipinski definition) is 5. The number of benzene rings is 1. The van der Waals surface area contributed by atoms with Crippen LogP contribution < -0.4 is 4.74 Å². The molecule has 6 nitrogen and oxygen atoms in total. The smallest absolute Gasteiger partial charge is 0.317 e. The minimum absolute atomic E-state index is 0.0956. The first-order chi connectivity index (χ1) is 10.5. The van der Waals surface area contributed by atoms with Crippen molar-refractivity contribution >= 4 is 5.97 Å². The van der Waals surface area contributed by atoms with Gasteiger partial charge < -0.3 is 14.9 Å². The first-order valence-electron chi connectivity index (χ1n) is 7.16. The molecule has 122 valence electrons. The quantitative estimate of drug-likeness (QED) is 0.753. The molecule has 0 unspecified atom stereocenters. The summed E-state index contributed by atoms with van der Waals surface area (Å²) in [5.74, 6) is -0.618. The molecule has 0 radical (unpaired) electrons. The number of rotatable bonds is 7. The van der Waals surface area contributed by atoms with Gasteiger partial charge in [-0.3, -0.25) is 14.6 Å². The summed E-state index contributed by atoms with van der Waals surface area (Å²) < 4.78 is 18.3. The van der Waals surface area contributed by atoms with Crippen LogP contribution in [-0.4, -0.2) is 78.0 Å². The second-order valence-electron chi connectivity index (χ2n) is 5.51. The van der Waals surface area contributed by atoms with Crippen molar-refractivity contribution < 1.29 is 24.1 Å². The lowest BCUT2D eigenvalue weighted by molar-refractivity contribution is -0.138. The SMILES string of the molecule is CN(CC(=O)O)[C@H]1CN(CCOc2ccc(F)cc2)C[C@H]1O. The van der Waals surface area contributed by atoms with E-state index in [0.717, 1.165) is 0 Å². The molecule has 0 aliphatic carbocycles. The fraction of sp³-hybridized carbons (Fsp3) is 0.533. The predicted octanol–water partition coefficient (Wildman–Crippen LogP) is 0.266. The van der Waals surface area contributed by atoms with E-state index in [2.05, 4.69) is 0 Å². The van der Waals surface area contributed by atoms with E-state index in [-0.39, 0.29) is 18.4 Å². The lowest BCUT2D eigenvalue weighted by Gasteiger charge is -2.24. The number of carbonyl (C=O) groups is 1. The molecule has 2 N–H and O–H groups in total. The number of halogens is 1. The Morgan fingerprint density at radius 2 is 2.09 bits per heavy atom. The number of aliphatic hydroxyl groups excluding tert-OH is 1. The Hall–Kier alpha value is -1.70. The number of likely N-dealkylation sites (tertiary alicyclic amines) is 1. The van der Waals surface area contributed by atoms with Crippen LogP contribution in [0.1, 0.15) is 0 Å². The molecule has 0 spiro atoms. The van der Waals surface area contributed by atoms with Crippen LogP contribution in [0.15, 0.2) is 24.3 Å². The highest BCUT2D eigenvalue weighted by molar-refractivity contribution is 5.69. The maximum atomic E-state index is 12.8. The molecule has 7 heteroatoms. The summed E-state index contributed by atoms with van der Waals surface area (Å²) in [7, 11) is 1.69. The molecule has 22 heavy (non-hydrogen) atoms. The Labute approximate surface area is 128 Å². The molecule has 0 amide bonds. The number of aliphatic carboxylic acids is 1. The number of carboxylic acids is 1. The van der Waals surface area contributed by atoms with Crippen molar-refractivity contribution in [3.63, 3.8) is 0 Å². The molecule has 2 atom stereocenters. The molecule has 0 bridgehead atoms. The van der Waals surface area contributed by atoms with Gasteiger partial charge in [-0.05, 0) is 31.3 Å². The van der Waals surface area contributed by atoms with Crippen LogP contribution in [0.25, 0.3) is 0 Å². The molecule has 1 aromatic carbocycles. The number of β-amino-alcohol motifs (C(OH)–C–C–N with tert-alkyl or cyclic N) is 1. The zero-order valence-electron chi connectivity index (χ0n) is 12.5. The van der Waals surface area contributed by atoms with Crippen molar-refractivity contribution in [2.45, 2.75) is 12.1 Å². The monoisotopic (exact) mass is 312 g/mol. The third-order valence-electron chi connectivity index (χ3n) is 3.78. The van der Waals surface area contributed by atoms with Crippen molar-refractivity contribution in [3.8, 4) is 5.75 Å². The van der Waals surface area contributed by atoms with Crippen molar-refractivity contribution in [2.24, 2.45) is 0 Å². The number of nitrogens with zero attached hydrogens (tertiary/aromatic N) is 2. The van der Waals surface area contributed by atoms with Gasteiger partial charge in [-0.25, -0.2) is 4.39 Å². The summed E-state index contributed by atoms with van der Waals surface area (Å²) in [6.07, 6.45) is -0.574. The second kappa shape index (κ2) is 7.53. The Kier molecular flexibility index (Phi) is 5.70. The van der Waals surface area contributed by atoms with E-state index in [0.29, 0.717) is 32.0 Å². The molecular weight excluding hydrogens is 291 g/mol. The highest BCUT2D eigenvalue weighted by Crippen LogP contribution is 2.16. The predicted molar refractivity (Wildman–Crippen MR) is 78.4 cm³/mol. The van der Waals surface area contributed by atoms with Gasteiger partial charge in [-0.1, -0.05) is 0 Å². The summed E-state index contributed by atoms with van der Waals surface area (Å²) in [6.45, 7) is 2.03. The van der Waals surface area contributed by atoms with Crippen LogP contribution in [-0.2, 0) is 4.79 Å². The first kappa shape index (κ1) is 16.7. The molecule has 1 aromatic rings. The van der Waals surface area contributed by atoms with Gasteiger partial charge in [-0.2, -0.15) is 0 Å². The van der Waals surface area contributed by atoms with Gasteiger partial charge >= 0.3 is 5.97 Å². The van der Waals surface area contributed by atoms with Gasteiger partial charge in [0.05, 0.1) is 12.6 Å². The molecule has 1 aliphatic heterocycles. The summed E-state index contributed by atoms with van der Waals surface area (Å²) in [6, 6.07) is 5.62. The minimum Gasteiger partial charge on any atom is -0.492 e. The fourth-order valence-electron chi connectivity index (χ4n) is 2.62. The third-order valence-corrected chi connectivity index (χ3v) is 3.78. The van der Waals surface area contributed by atoms with Crippen LogP contribution >= 0.6 is 0 Å². The van der Waals surface area contributed by atoms with Crippen molar-refractivity contribution in [1.82, 2.24) is 9.80 Å². The maximum absolute atomic E-state index is 12.8. The average molecular weight is 312 g/mol. The second-order valence-corrected chi connectivity index (χ2v) is 5.51. The molecule has 1 saturated heterocycles. The van der Waals surface area contributed by atoms with Crippen LogP contribution in [0.3, 0.4) is 0 Å². The summed E-state index contributed by atoms with van der Waals surface area (Å²) in [4.78, 5) is 14.4. The molecule has 2 rings (SSSR count). The van der Waals surface area contributed by atoms with Gasteiger partial charge in [0.1, 0.15) is 18.2 Å². The number of aliphatic hydroxyl groups is 1. The largest absolute Gasteiger partial charge is 0.492 e. The Morgan fingerprint density at radius 1 is 1.41 bits per heavy atom. The molecule has 0 saturated carbocycles. The highest BCUT2D eigenvalue weighted by atomic mass is 19.1. The first-order valence-corrected chi connectivity index (χ1v) is 7.16. The number of likely N-dealkylation sites (N-methyl/N-ethyl adjacent to an activating group) is 1. The number of hydrogen-bond donors (Lipinski definition) is 2. The number of ether oxygens (including phenoxy) is 1. The topological polar surface area (TPSA) is 73.2 Å². The average Bonchev–Trinajstić information content (AvgIpc) is 2.81. The Morgan fingerprint density at radius 3 is 2.73 bits per heavy atom. The van der Waals surface area contributed by atoms with Gasteiger partial charge in [0.15, 0.2) is 0 Å². The van der Waals surface area contributed by atoms with E-state index in [4.69, 9.17) is 9.84 Å². The number of carboxylic acid groups (broad SMARTS) is 1. The normalized spacial score (nSPS) is 22.2. The molecule has 1 fully saturated rings. The zero-order valence-corrected chi connectivity index (χ0v) is 12.5. The van der Waals surface area contributed by atoms with E-state index in [1.54, 1.807) is 24.1 Å². The summed E-state index contributed by atoms with van der Waals surface area (Å²) in [5.41, 5.74) is 0. The summed E-state index contributed by atoms with van der Waals surface area (Å²) >= 11 is 0. The van der Waals surface area contributed by atoms with Crippen LogP contribution in [0.5, 0.6) is 5.75 Å². The summed E-state index contributed by atoms with van der Waals surface area (Å²) in [5, 5.41) is 18.8. The Bertz CT molecular complexity index is 497. The van der Waals surface area contributed by atoms with Gasteiger partial charge in [0.2, 0.25) is 0 Å². The van der Waals surface area contributed by atoms with E-state index in [1.807, 2.05) is 4.90 Å². The van der Waals surface area contributed by atoms with Gasteiger partial charge in [-0.15, -0.1) is 0 Å². The van der Waals surface area contributed by atoms with Crippen molar-refractivity contribution in [1.29, 1.82) is 0 Å². The highest BCUT2D eigenvalue weighted by Gasteiger charge is 2.34. The lowest BCUT2D eigenvalue weighted by atomic mass is 10.2. The van der Waals surface area contributed by atoms with Gasteiger partial charge in [0, 0.05) is 25.7 Å². The van der Waals surface area contributed by atoms with Crippen molar-refractivity contribution in [3.05, 3.63) is 30.1 Å². The molecule has 1 heterocycles. The molecule has 0 aromatic heterocycles. The van der Waals surface area contributed by atoms with Crippen LogP contribution in [0, 0.1) is 5.82 Å². The standard InChI is InChI=1S/C15H21FN2O4/c1-17(10-15(20)21)13-8-18(9-14(13)19)6-7-22-12-4-2-11(16)3-5-12/h2-5,13-14,19H,6-10H2,1H3,(H,20,21)/t13-,14+/m0/s1. The lowest BCUT2D eigenvalue weighted by Crippen LogP contribution is -2.43. The minimum atomic E-state index is -0.909.